The second-order valence-corrected chi connectivity index (χ2v) is 5.41. The van der Waals surface area contributed by atoms with Gasteiger partial charge in [-0.3, -0.25) is 0 Å². The van der Waals surface area contributed by atoms with Crippen LogP contribution in [0.2, 0.25) is 0 Å². The number of rotatable bonds is 5. The molecule has 0 saturated heterocycles. The van der Waals surface area contributed by atoms with Crippen molar-refractivity contribution in [1.82, 2.24) is 10.3 Å². The molecule has 0 radical (unpaired) electrons. The molecule has 0 amide bonds. The Bertz CT molecular complexity index is 549. The van der Waals surface area contributed by atoms with Gasteiger partial charge < -0.3 is 5.32 Å². The number of nitrogens with zero attached hydrogens (tertiary/aromatic N) is 1. The predicted molar refractivity (Wildman–Crippen MR) is 74.5 cm³/mol. The Balaban J connectivity index is 2.32. The Morgan fingerprint density at radius 1 is 1.20 bits per heavy atom. The highest BCUT2D eigenvalue weighted by Crippen LogP contribution is 2.37. The molecule has 108 valence electrons. The van der Waals surface area contributed by atoms with Gasteiger partial charge in [0.25, 0.3) is 0 Å². The molecule has 20 heavy (non-hydrogen) atoms. The smallest absolute Gasteiger partial charge is 0.312 e. The van der Waals surface area contributed by atoms with Crippen LogP contribution in [0, 0.1) is 0 Å². The third-order valence-electron chi connectivity index (χ3n) is 2.70. The summed E-state index contributed by atoms with van der Waals surface area (Å²) in [4.78, 5) is 4.02. The van der Waals surface area contributed by atoms with Crippen LogP contribution in [-0.4, -0.2) is 11.5 Å². The molecule has 2 nitrogen and oxygen atoms in total. The Labute approximate surface area is 119 Å². The van der Waals surface area contributed by atoms with Crippen LogP contribution in [0.15, 0.2) is 30.3 Å². The standard InChI is InChI=1S/C14H15F3N2S/c1-2-8-18-9-11-12(14(15,16)17)19-13(20-11)10-6-4-3-5-7-10/h3-7,18H,2,8-9H2,1H3. The highest BCUT2D eigenvalue weighted by atomic mass is 32.1. The van der Waals surface area contributed by atoms with Crippen molar-refractivity contribution in [1.29, 1.82) is 0 Å². The van der Waals surface area contributed by atoms with E-state index in [9.17, 15) is 13.2 Å². The van der Waals surface area contributed by atoms with E-state index in [2.05, 4.69) is 10.3 Å². The Morgan fingerprint density at radius 3 is 2.50 bits per heavy atom. The van der Waals surface area contributed by atoms with Gasteiger partial charge in [-0.25, -0.2) is 4.98 Å². The molecule has 1 heterocycles. The molecule has 6 heteroatoms. The molecule has 0 atom stereocenters. The Hall–Kier alpha value is -1.40. The van der Waals surface area contributed by atoms with E-state index >= 15 is 0 Å². The van der Waals surface area contributed by atoms with Crippen LogP contribution in [-0.2, 0) is 12.7 Å². The second-order valence-electron chi connectivity index (χ2n) is 4.33. The number of alkyl halides is 3. The van der Waals surface area contributed by atoms with Crippen LogP contribution in [0.25, 0.3) is 10.6 Å². The van der Waals surface area contributed by atoms with Crippen LogP contribution in [0.4, 0.5) is 13.2 Å². The van der Waals surface area contributed by atoms with Gasteiger partial charge in [0.1, 0.15) is 5.01 Å². The average Bonchev–Trinajstić information content (AvgIpc) is 2.84. The van der Waals surface area contributed by atoms with E-state index in [0.29, 0.717) is 17.1 Å². The SMILES string of the molecule is CCCNCc1sc(-c2ccccc2)nc1C(F)(F)F. The number of hydrogen-bond acceptors (Lipinski definition) is 3. The van der Waals surface area contributed by atoms with Crippen LogP contribution in [0.5, 0.6) is 0 Å². The van der Waals surface area contributed by atoms with E-state index in [1.165, 1.54) is 0 Å². The van der Waals surface area contributed by atoms with E-state index in [4.69, 9.17) is 0 Å². The Morgan fingerprint density at radius 2 is 1.90 bits per heavy atom. The zero-order valence-electron chi connectivity index (χ0n) is 11.0. The van der Waals surface area contributed by atoms with Crippen LogP contribution >= 0.6 is 11.3 Å². The van der Waals surface area contributed by atoms with Gasteiger partial charge in [0.15, 0.2) is 5.69 Å². The van der Waals surface area contributed by atoms with Crippen molar-refractivity contribution < 1.29 is 13.2 Å². The van der Waals surface area contributed by atoms with Crippen molar-refractivity contribution in [3.05, 3.63) is 40.9 Å². The number of benzene rings is 1. The van der Waals surface area contributed by atoms with Gasteiger partial charge >= 0.3 is 6.18 Å². The summed E-state index contributed by atoms with van der Waals surface area (Å²) in [5.74, 6) is 0. The maximum absolute atomic E-state index is 13.0. The molecule has 1 aromatic heterocycles. The summed E-state index contributed by atoms with van der Waals surface area (Å²) in [6.45, 7) is 2.86. The number of halogens is 3. The fourth-order valence-corrected chi connectivity index (χ4v) is 2.83. The highest BCUT2D eigenvalue weighted by Gasteiger charge is 2.37. The molecule has 0 aliphatic rings. The molecular formula is C14H15F3N2S. The summed E-state index contributed by atoms with van der Waals surface area (Å²) < 4.78 is 39.0. The molecule has 0 aliphatic heterocycles. The van der Waals surface area contributed by atoms with Gasteiger partial charge in [-0.05, 0) is 13.0 Å². The number of nitrogens with one attached hydrogen (secondary N) is 1. The Kier molecular flexibility index (Phi) is 4.77. The lowest BCUT2D eigenvalue weighted by Gasteiger charge is -2.06. The van der Waals surface area contributed by atoms with Gasteiger partial charge in [0.05, 0.1) is 4.88 Å². The molecule has 0 aliphatic carbocycles. The summed E-state index contributed by atoms with van der Waals surface area (Å²) in [5, 5.41) is 3.41. The number of aromatic nitrogens is 1. The van der Waals surface area contributed by atoms with Crippen molar-refractivity contribution in [2.75, 3.05) is 6.54 Å². The third kappa shape index (κ3) is 3.58. The molecule has 0 spiro atoms. The fourth-order valence-electron chi connectivity index (χ4n) is 1.78. The number of thiazole rings is 1. The number of hydrogen-bond donors (Lipinski definition) is 1. The maximum atomic E-state index is 13.0. The topological polar surface area (TPSA) is 24.9 Å². The van der Waals surface area contributed by atoms with Gasteiger partial charge in [0.2, 0.25) is 0 Å². The van der Waals surface area contributed by atoms with Crippen molar-refractivity contribution >= 4 is 11.3 Å². The summed E-state index contributed by atoms with van der Waals surface area (Å²) in [6.07, 6.45) is -3.53. The largest absolute Gasteiger partial charge is 0.434 e. The quantitative estimate of drug-likeness (QED) is 0.831. The minimum atomic E-state index is -4.41. The monoisotopic (exact) mass is 300 g/mol. The summed E-state index contributed by atoms with van der Waals surface area (Å²) in [6, 6.07) is 8.94. The first-order valence-corrected chi connectivity index (χ1v) is 7.17. The molecule has 1 aromatic carbocycles. The van der Waals surface area contributed by atoms with Crippen molar-refractivity contribution in [3.63, 3.8) is 0 Å². The van der Waals surface area contributed by atoms with Crippen molar-refractivity contribution in [3.8, 4) is 10.6 Å². The molecule has 0 unspecified atom stereocenters. The van der Waals surface area contributed by atoms with Crippen LogP contribution in [0.1, 0.15) is 23.9 Å². The lowest BCUT2D eigenvalue weighted by atomic mass is 10.2. The summed E-state index contributed by atoms with van der Waals surface area (Å²) in [7, 11) is 0. The molecular weight excluding hydrogens is 285 g/mol. The molecule has 0 fully saturated rings. The van der Waals surface area contributed by atoms with E-state index in [-0.39, 0.29) is 11.4 Å². The zero-order valence-corrected chi connectivity index (χ0v) is 11.8. The zero-order chi connectivity index (χ0) is 14.6. The first kappa shape index (κ1) is 15.0. The lowest BCUT2D eigenvalue weighted by molar-refractivity contribution is -0.141. The van der Waals surface area contributed by atoms with Crippen LogP contribution < -0.4 is 5.32 Å². The minimum absolute atomic E-state index is 0.202. The average molecular weight is 300 g/mol. The van der Waals surface area contributed by atoms with Crippen LogP contribution in [0.3, 0.4) is 0 Å². The lowest BCUT2D eigenvalue weighted by Crippen LogP contribution is -2.17. The van der Waals surface area contributed by atoms with Crippen molar-refractivity contribution in [2.24, 2.45) is 0 Å². The van der Waals surface area contributed by atoms with E-state index < -0.39 is 11.9 Å². The molecule has 0 saturated carbocycles. The predicted octanol–water partition coefficient (Wildman–Crippen LogP) is 4.33. The van der Waals surface area contributed by atoms with Crippen molar-refractivity contribution in [2.45, 2.75) is 26.1 Å². The van der Waals surface area contributed by atoms with E-state index in [0.717, 1.165) is 17.8 Å². The molecule has 2 aromatic rings. The summed E-state index contributed by atoms with van der Waals surface area (Å²) in [5.41, 5.74) is -0.0605. The minimum Gasteiger partial charge on any atom is -0.312 e. The van der Waals surface area contributed by atoms with E-state index in [1.54, 1.807) is 24.3 Å². The fraction of sp³-hybridized carbons (Fsp3) is 0.357. The van der Waals surface area contributed by atoms with E-state index in [1.807, 2.05) is 13.0 Å². The van der Waals surface area contributed by atoms with Gasteiger partial charge in [-0.2, -0.15) is 13.2 Å². The first-order valence-electron chi connectivity index (χ1n) is 6.35. The molecule has 0 bridgehead atoms. The maximum Gasteiger partial charge on any atom is 0.434 e. The highest BCUT2D eigenvalue weighted by molar-refractivity contribution is 7.15. The molecule has 2 rings (SSSR count). The van der Waals surface area contributed by atoms with Gasteiger partial charge in [-0.1, -0.05) is 37.3 Å². The third-order valence-corrected chi connectivity index (χ3v) is 3.80. The normalized spacial score (nSPS) is 11.8. The van der Waals surface area contributed by atoms with Gasteiger partial charge in [0, 0.05) is 12.1 Å². The summed E-state index contributed by atoms with van der Waals surface area (Å²) >= 11 is 1.10. The molecule has 1 N–H and O–H groups in total. The van der Waals surface area contributed by atoms with Gasteiger partial charge in [-0.15, -0.1) is 11.3 Å². The first-order chi connectivity index (χ1) is 9.52. The second kappa shape index (κ2) is 6.37.